The number of anilines is 3. The number of hydrogen-bond acceptors (Lipinski definition) is 6. The van der Waals surface area contributed by atoms with Gasteiger partial charge >= 0.3 is 0 Å². The molecule has 0 aliphatic heterocycles. The quantitative estimate of drug-likeness (QED) is 0.777. The Balaban J connectivity index is 1.85. The number of carbonyl (C=O) groups excluding carboxylic acids is 1. The number of nitrogens with one attached hydrogen (secondary N) is 1. The molecular weight excluding hydrogens is 304 g/mol. The molecule has 1 aromatic carbocycles. The Kier molecular flexibility index (Phi) is 3.52. The molecule has 5 nitrogen and oxygen atoms in total. The van der Waals surface area contributed by atoms with Crippen LogP contribution >= 0.6 is 22.7 Å². The van der Waals surface area contributed by atoms with E-state index in [0.717, 1.165) is 11.1 Å². The van der Waals surface area contributed by atoms with E-state index in [9.17, 15) is 4.79 Å². The SMILES string of the molecule is CN(C)c1nc(N)c(C(=O)Nc2ccc3sccc3c2)s1. The van der Waals surface area contributed by atoms with E-state index in [1.54, 1.807) is 11.3 Å². The highest BCUT2D eigenvalue weighted by molar-refractivity contribution is 7.18. The van der Waals surface area contributed by atoms with Gasteiger partial charge in [0.1, 0.15) is 10.7 Å². The second-order valence-corrected chi connectivity index (χ2v) is 6.66. The van der Waals surface area contributed by atoms with Crippen molar-refractivity contribution in [1.82, 2.24) is 4.98 Å². The molecule has 2 aromatic heterocycles. The summed E-state index contributed by atoms with van der Waals surface area (Å²) in [6.07, 6.45) is 0. The summed E-state index contributed by atoms with van der Waals surface area (Å²) in [5.41, 5.74) is 6.58. The van der Waals surface area contributed by atoms with Crippen LogP contribution in [0.2, 0.25) is 0 Å². The van der Waals surface area contributed by atoms with Crippen LogP contribution in [0.5, 0.6) is 0 Å². The fourth-order valence-electron chi connectivity index (χ4n) is 1.91. The van der Waals surface area contributed by atoms with Crippen LogP contribution in [0.15, 0.2) is 29.6 Å². The number of nitrogens with zero attached hydrogens (tertiary/aromatic N) is 2. The van der Waals surface area contributed by atoms with Crippen molar-refractivity contribution in [3.8, 4) is 0 Å². The Bertz CT molecular complexity index is 806. The second-order valence-electron chi connectivity index (χ2n) is 4.73. The number of aromatic nitrogens is 1. The zero-order chi connectivity index (χ0) is 15.0. The molecule has 0 spiro atoms. The number of benzene rings is 1. The largest absolute Gasteiger partial charge is 0.382 e. The highest BCUT2D eigenvalue weighted by atomic mass is 32.1. The number of amides is 1. The molecule has 21 heavy (non-hydrogen) atoms. The molecule has 0 aliphatic rings. The van der Waals surface area contributed by atoms with Gasteiger partial charge in [-0.3, -0.25) is 4.79 Å². The van der Waals surface area contributed by atoms with Crippen LogP contribution in [0.1, 0.15) is 9.67 Å². The van der Waals surface area contributed by atoms with E-state index in [1.165, 1.54) is 16.0 Å². The molecule has 0 aliphatic carbocycles. The van der Waals surface area contributed by atoms with Crippen molar-refractivity contribution in [2.45, 2.75) is 0 Å². The third-order valence-corrected chi connectivity index (χ3v) is 5.08. The van der Waals surface area contributed by atoms with E-state index in [4.69, 9.17) is 5.73 Å². The summed E-state index contributed by atoms with van der Waals surface area (Å²) < 4.78 is 1.19. The monoisotopic (exact) mass is 318 g/mol. The first kappa shape index (κ1) is 13.8. The van der Waals surface area contributed by atoms with E-state index in [0.29, 0.717) is 10.0 Å². The van der Waals surface area contributed by atoms with Gasteiger partial charge in [0, 0.05) is 24.5 Å². The first-order chi connectivity index (χ1) is 10.0. The van der Waals surface area contributed by atoms with Gasteiger partial charge in [0.2, 0.25) is 0 Å². The third-order valence-electron chi connectivity index (χ3n) is 2.94. The molecule has 0 radical (unpaired) electrons. The highest BCUT2D eigenvalue weighted by Gasteiger charge is 2.17. The second kappa shape index (κ2) is 5.34. The average Bonchev–Trinajstić information content (AvgIpc) is 3.04. The maximum Gasteiger partial charge on any atom is 0.269 e. The molecule has 1 amide bonds. The van der Waals surface area contributed by atoms with Gasteiger partial charge in [-0.25, -0.2) is 4.98 Å². The Labute approximate surface area is 130 Å². The van der Waals surface area contributed by atoms with Gasteiger partial charge < -0.3 is 16.0 Å². The van der Waals surface area contributed by atoms with E-state index in [-0.39, 0.29) is 11.7 Å². The van der Waals surface area contributed by atoms with E-state index < -0.39 is 0 Å². The molecule has 108 valence electrons. The third kappa shape index (κ3) is 2.70. The molecule has 3 rings (SSSR count). The minimum absolute atomic E-state index is 0.229. The smallest absolute Gasteiger partial charge is 0.269 e. The van der Waals surface area contributed by atoms with Crippen molar-refractivity contribution >= 4 is 55.3 Å². The van der Waals surface area contributed by atoms with Gasteiger partial charge in [-0.2, -0.15) is 0 Å². The molecule has 7 heteroatoms. The predicted octanol–water partition coefficient (Wildman–Crippen LogP) is 3.26. The van der Waals surface area contributed by atoms with E-state index in [2.05, 4.69) is 10.3 Å². The highest BCUT2D eigenvalue weighted by Crippen LogP contribution is 2.28. The molecule has 3 aromatic rings. The van der Waals surface area contributed by atoms with Crippen LogP contribution in [0, 0.1) is 0 Å². The van der Waals surface area contributed by atoms with Crippen LogP contribution in [0.25, 0.3) is 10.1 Å². The molecule has 0 bridgehead atoms. The first-order valence-corrected chi connectivity index (χ1v) is 7.96. The summed E-state index contributed by atoms with van der Waals surface area (Å²) in [6.45, 7) is 0. The first-order valence-electron chi connectivity index (χ1n) is 6.27. The molecule has 0 saturated heterocycles. The van der Waals surface area contributed by atoms with Crippen LogP contribution in [-0.4, -0.2) is 25.0 Å². The molecular formula is C14H14N4OS2. The summed E-state index contributed by atoms with van der Waals surface area (Å²) in [5.74, 6) is 0.0329. The zero-order valence-corrected chi connectivity index (χ0v) is 13.2. The van der Waals surface area contributed by atoms with Crippen LogP contribution < -0.4 is 16.0 Å². The van der Waals surface area contributed by atoms with E-state index >= 15 is 0 Å². The number of hydrogen-bond donors (Lipinski definition) is 2. The minimum Gasteiger partial charge on any atom is -0.382 e. The molecule has 0 saturated carbocycles. The summed E-state index contributed by atoms with van der Waals surface area (Å²) in [6, 6.07) is 7.87. The molecule has 0 unspecified atom stereocenters. The summed E-state index contributed by atoms with van der Waals surface area (Å²) in [5, 5.41) is 6.73. The summed E-state index contributed by atoms with van der Waals surface area (Å²) in [7, 11) is 3.73. The van der Waals surface area contributed by atoms with Crippen molar-refractivity contribution in [3.05, 3.63) is 34.5 Å². The number of nitrogens with two attached hydrogens (primary N) is 1. The van der Waals surface area contributed by atoms with Crippen LogP contribution in [0.3, 0.4) is 0 Å². The Hall–Kier alpha value is -2.12. The number of fused-ring (bicyclic) bond motifs is 1. The Morgan fingerprint density at radius 3 is 2.86 bits per heavy atom. The number of nitrogen functional groups attached to an aromatic ring is 1. The number of thiazole rings is 1. The lowest BCUT2D eigenvalue weighted by Gasteiger charge is -2.05. The maximum absolute atomic E-state index is 12.3. The minimum atomic E-state index is -0.229. The summed E-state index contributed by atoms with van der Waals surface area (Å²) in [4.78, 5) is 18.7. The molecule has 0 fully saturated rings. The van der Waals surface area contributed by atoms with Gasteiger partial charge in [0.15, 0.2) is 5.13 Å². The number of thiophene rings is 1. The van der Waals surface area contributed by atoms with Crippen LogP contribution in [-0.2, 0) is 0 Å². The summed E-state index contributed by atoms with van der Waals surface area (Å²) >= 11 is 2.95. The average molecular weight is 318 g/mol. The fourth-order valence-corrected chi connectivity index (χ4v) is 3.48. The number of carbonyl (C=O) groups is 1. The van der Waals surface area contributed by atoms with E-state index in [1.807, 2.05) is 48.6 Å². The van der Waals surface area contributed by atoms with Gasteiger partial charge in [-0.15, -0.1) is 11.3 Å². The van der Waals surface area contributed by atoms with Gasteiger partial charge in [-0.1, -0.05) is 11.3 Å². The van der Waals surface area contributed by atoms with Crippen LogP contribution in [0.4, 0.5) is 16.6 Å². The Morgan fingerprint density at radius 2 is 2.14 bits per heavy atom. The van der Waals surface area contributed by atoms with Gasteiger partial charge in [0.25, 0.3) is 5.91 Å². The van der Waals surface area contributed by atoms with Crippen molar-refractivity contribution in [2.75, 3.05) is 30.0 Å². The van der Waals surface area contributed by atoms with Crippen molar-refractivity contribution in [1.29, 1.82) is 0 Å². The van der Waals surface area contributed by atoms with Crippen molar-refractivity contribution < 1.29 is 4.79 Å². The number of rotatable bonds is 3. The normalized spacial score (nSPS) is 10.8. The lowest BCUT2D eigenvalue weighted by Crippen LogP contribution is -2.12. The fraction of sp³-hybridized carbons (Fsp3) is 0.143. The van der Waals surface area contributed by atoms with Crippen molar-refractivity contribution in [2.24, 2.45) is 0 Å². The molecule has 0 atom stereocenters. The zero-order valence-electron chi connectivity index (χ0n) is 11.6. The standard InChI is InChI=1S/C14H14N4OS2/c1-18(2)14-17-12(15)11(21-14)13(19)16-9-3-4-10-8(7-9)5-6-20-10/h3-7H,15H2,1-2H3,(H,16,19). The topological polar surface area (TPSA) is 71.2 Å². The van der Waals surface area contributed by atoms with Crippen molar-refractivity contribution in [3.63, 3.8) is 0 Å². The molecule has 2 heterocycles. The maximum atomic E-state index is 12.3. The van der Waals surface area contributed by atoms with Gasteiger partial charge in [-0.05, 0) is 35.0 Å². The Morgan fingerprint density at radius 1 is 1.33 bits per heavy atom. The lowest BCUT2D eigenvalue weighted by molar-refractivity contribution is 0.103. The lowest BCUT2D eigenvalue weighted by atomic mass is 10.2. The van der Waals surface area contributed by atoms with Gasteiger partial charge in [0.05, 0.1) is 0 Å². The molecule has 3 N–H and O–H groups in total. The predicted molar refractivity (Wildman–Crippen MR) is 90.6 cm³/mol.